The van der Waals surface area contributed by atoms with E-state index in [0.29, 0.717) is 0 Å². The summed E-state index contributed by atoms with van der Waals surface area (Å²) in [5.41, 5.74) is -2.75. The molecule has 0 saturated carbocycles. The second-order valence-electron chi connectivity index (χ2n) is 11.2. The van der Waals surface area contributed by atoms with Crippen molar-refractivity contribution in [2.75, 3.05) is 4.90 Å². The largest absolute Gasteiger partial charge is 0.310 e. The average Bonchev–Trinajstić information content (AvgIpc) is 3.34. The first kappa shape index (κ1) is 14.5. The number of pyridine rings is 3. The van der Waals surface area contributed by atoms with Crippen LogP contribution in [0, 0.1) is 0 Å². The van der Waals surface area contributed by atoms with Gasteiger partial charge in [0.2, 0.25) is 0 Å². The Hall–Kier alpha value is -6.91. The van der Waals surface area contributed by atoms with Crippen molar-refractivity contribution < 1.29 is 30.2 Å². The summed E-state index contributed by atoms with van der Waals surface area (Å²) in [6.07, 6.45) is -0.691. The molecule has 10 rings (SSSR count). The highest BCUT2D eigenvalue weighted by Gasteiger charge is 2.21. The third kappa shape index (κ3) is 4.80. The Morgan fingerprint density at radius 1 is 0.490 bits per heavy atom. The molecule has 0 N–H and O–H groups in total. The van der Waals surface area contributed by atoms with Crippen LogP contribution in [0.3, 0.4) is 0 Å². The van der Waals surface area contributed by atoms with E-state index in [1.807, 2.05) is 0 Å². The highest BCUT2D eigenvalue weighted by Crippen LogP contribution is 2.46. The number of hydrogen-bond donors (Lipinski definition) is 0. The molecule has 0 amide bonds. The molecule has 0 saturated heterocycles. The van der Waals surface area contributed by atoms with Crippen LogP contribution in [0.1, 0.15) is 30.2 Å². The summed E-state index contributed by atoms with van der Waals surface area (Å²) < 4.78 is 195. The summed E-state index contributed by atoms with van der Waals surface area (Å²) in [5, 5.41) is -1.47. The minimum Gasteiger partial charge on any atom is -0.310 e. The van der Waals surface area contributed by atoms with E-state index in [2.05, 4.69) is 9.97 Å². The Balaban J connectivity index is 1.47. The lowest BCUT2D eigenvalue weighted by Gasteiger charge is -2.27. The maximum atomic E-state index is 9.73. The minimum absolute atomic E-state index is 0.00971. The topological polar surface area (TPSA) is 41.9 Å². The number of hydrogen-bond acceptors (Lipinski definition) is 4. The van der Waals surface area contributed by atoms with Crippen molar-refractivity contribution in [1.82, 2.24) is 15.0 Å². The molecule has 0 atom stereocenters. The molecular formula is C47H30N4. The first-order valence-corrected chi connectivity index (χ1v) is 15.4. The molecule has 0 radical (unpaired) electrons. The SMILES string of the molecule is [2H]c1ccc(-c2nc3c([2H])c([2H])cc(N(c4cc([2H])c([2H])c([2H])c4[2H])c4cc([2H])c([2H])c([2H])c4[2H])c3c3c2cc([2H])c2c(-c4nc5c(c([2H])c4[2H])c([2H])c([2H])c4c([2H])c([2H])c([2H])nc45)c([2H])cc([2H])c23)cc1[2H]. The van der Waals surface area contributed by atoms with Crippen LogP contribution in [-0.2, 0) is 0 Å². The Morgan fingerprint density at radius 2 is 1.29 bits per heavy atom. The van der Waals surface area contributed by atoms with E-state index < -0.39 is 138 Å². The molecule has 0 bridgehead atoms. The number of benzene rings is 7. The van der Waals surface area contributed by atoms with Crippen LogP contribution >= 0.6 is 0 Å². The first-order chi connectivity index (χ1) is 34.4. The van der Waals surface area contributed by atoms with E-state index in [1.165, 1.54) is 24.3 Å². The lowest BCUT2D eigenvalue weighted by Crippen LogP contribution is -2.10. The average molecular weight is 673 g/mol. The van der Waals surface area contributed by atoms with Gasteiger partial charge in [0.25, 0.3) is 0 Å². The quantitative estimate of drug-likeness (QED) is 0.171. The lowest BCUT2D eigenvalue weighted by atomic mass is 9.91. The summed E-state index contributed by atoms with van der Waals surface area (Å²) in [5.74, 6) is 0. The zero-order valence-electron chi connectivity index (χ0n) is 47.9. The van der Waals surface area contributed by atoms with Gasteiger partial charge in [0.1, 0.15) is 0 Å². The van der Waals surface area contributed by atoms with Crippen LogP contribution in [0.2, 0.25) is 0 Å². The smallest absolute Gasteiger partial charge is 0.0972 e. The fraction of sp³-hybridized carbons (Fsp3) is 0. The van der Waals surface area contributed by atoms with Crippen molar-refractivity contribution in [1.29, 1.82) is 0 Å². The molecule has 0 aliphatic heterocycles. The van der Waals surface area contributed by atoms with Crippen LogP contribution in [0.15, 0.2) is 182 Å². The summed E-state index contributed by atoms with van der Waals surface area (Å²) in [6.45, 7) is 0. The molecule has 0 spiro atoms. The molecule has 7 aromatic carbocycles. The lowest BCUT2D eigenvalue weighted by molar-refractivity contribution is 1.29. The van der Waals surface area contributed by atoms with Crippen molar-refractivity contribution >= 4 is 71.3 Å². The van der Waals surface area contributed by atoms with Gasteiger partial charge >= 0.3 is 0 Å². The second kappa shape index (κ2) is 11.9. The van der Waals surface area contributed by atoms with Gasteiger partial charge in [0.15, 0.2) is 0 Å². The maximum absolute atomic E-state index is 9.73. The number of para-hydroxylation sites is 2. The Labute approximate surface area is 325 Å². The molecule has 0 aliphatic carbocycles. The van der Waals surface area contributed by atoms with Gasteiger partial charge in [-0.3, -0.25) is 4.98 Å². The Morgan fingerprint density at radius 3 is 2.14 bits per heavy atom. The van der Waals surface area contributed by atoms with Crippen LogP contribution in [0.4, 0.5) is 17.1 Å². The van der Waals surface area contributed by atoms with Gasteiger partial charge in [-0.1, -0.05) is 127 Å². The number of fused-ring (bicyclic) bond motifs is 8. The first-order valence-electron chi connectivity index (χ1n) is 26.4. The van der Waals surface area contributed by atoms with E-state index in [9.17, 15) is 9.60 Å². The van der Waals surface area contributed by atoms with E-state index in [4.69, 9.17) is 25.5 Å². The van der Waals surface area contributed by atoms with Gasteiger partial charge in [0, 0.05) is 55.6 Å². The molecule has 238 valence electrons. The van der Waals surface area contributed by atoms with E-state index in [1.54, 1.807) is 0 Å². The normalized spacial score (nSPS) is 17.6. The van der Waals surface area contributed by atoms with E-state index in [-0.39, 0.29) is 88.8 Å². The fourth-order valence-electron chi connectivity index (χ4n) is 6.20. The molecule has 10 aromatic rings. The molecule has 3 heterocycles. The zero-order chi connectivity index (χ0) is 52.9. The standard InChI is InChI=1S/C47H30N4/c1-4-13-31(14-5-1)45-39-28-27-36-37(40-29-26-33-25-24-32-15-12-30-48-46(32)47(33)49-40)20-10-21-38(36)43(39)44-41(50-45)22-11-23-42(44)51(34-16-6-2-7-17-34)35-18-8-3-9-19-35/h1-30H/i1D,2D,3D,4D,6D,7D,8D,9D,11D,12D,15D,16D,18D,20D,21D,22D,24D,25D,26D,27D,29D,30D. The van der Waals surface area contributed by atoms with Crippen molar-refractivity contribution in [2.45, 2.75) is 0 Å². The van der Waals surface area contributed by atoms with Crippen LogP contribution < -0.4 is 4.90 Å². The van der Waals surface area contributed by atoms with E-state index in [0.717, 1.165) is 29.2 Å². The van der Waals surface area contributed by atoms with Crippen molar-refractivity contribution in [3.05, 3.63) is 182 Å². The predicted molar refractivity (Wildman–Crippen MR) is 213 cm³/mol. The minimum atomic E-state index is -0.749. The second-order valence-corrected chi connectivity index (χ2v) is 11.2. The van der Waals surface area contributed by atoms with Gasteiger partial charge in [-0.05, 0) is 59.2 Å². The number of anilines is 3. The zero-order valence-corrected chi connectivity index (χ0v) is 25.9. The van der Waals surface area contributed by atoms with Gasteiger partial charge in [-0.25, -0.2) is 9.97 Å². The Kier molecular flexibility index (Phi) is 3.39. The number of nitrogens with zero attached hydrogens (tertiary/aromatic N) is 4. The number of aromatic nitrogens is 3. The van der Waals surface area contributed by atoms with Crippen LogP contribution in [0.5, 0.6) is 0 Å². The van der Waals surface area contributed by atoms with Crippen LogP contribution in [0.25, 0.3) is 76.8 Å². The molecule has 0 aliphatic rings. The Bertz CT molecular complexity index is 4140. The third-order valence-corrected chi connectivity index (χ3v) is 8.34. The molecule has 4 nitrogen and oxygen atoms in total. The summed E-state index contributed by atoms with van der Waals surface area (Å²) in [6, 6.07) is -2.73. The fourth-order valence-corrected chi connectivity index (χ4v) is 6.20. The van der Waals surface area contributed by atoms with Gasteiger partial charge in [-0.15, -0.1) is 0 Å². The van der Waals surface area contributed by atoms with Crippen LogP contribution in [-0.4, -0.2) is 15.0 Å². The molecule has 3 aromatic heterocycles. The highest BCUT2D eigenvalue weighted by atomic mass is 15.1. The third-order valence-electron chi connectivity index (χ3n) is 8.34. The molecule has 0 fully saturated rings. The van der Waals surface area contributed by atoms with Gasteiger partial charge in [0.05, 0.1) is 63.8 Å². The maximum Gasteiger partial charge on any atom is 0.0972 e. The molecule has 0 unspecified atom stereocenters. The van der Waals surface area contributed by atoms with Crippen molar-refractivity contribution in [3.63, 3.8) is 0 Å². The van der Waals surface area contributed by atoms with Gasteiger partial charge < -0.3 is 4.90 Å². The molecule has 51 heavy (non-hydrogen) atoms. The summed E-state index contributed by atoms with van der Waals surface area (Å²) >= 11 is 0. The molecular weight excluding hydrogens is 621 g/mol. The highest BCUT2D eigenvalue weighted by molar-refractivity contribution is 6.27. The number of rotatable bonds is 5. The molecule has 4 heteroatoms. The van der Waals surface area contributed by atoms with Gasteiger partial charge in [-0.2, -0.15) is 0 Å². The van der Waals surface area contributed by atoms with Crippen molar-refractivity contribution in [3.8, 4) is 22.5 Å². The van der Waals surface area contributed by atoms with Crippen molar-refractivity contribution in [2.24, 2.45) is 0 Å². The predicted octanol–water partition coefficient (Wildman–Crippen LogP) is 12.4. The monoisotopic (exact) mass is 672 g/mol. The van der Waals surface area contributed by atoms with E-state index >= 15 is 0 Å². The summed E-state index contributed by atoms with van der Waals surface area (Å²) in [4.78, 5) is 14.7. The summed E-state index contributed by atoms with van der Waals surface area (Å²) in [7, 11) is 0.